The minimum absolute atomic E-state index is 0.0302. The van der Waals surface area contributed by atoms with Crippen molar-refractivity contribution in [2.24, 2.45) is 0 Å². The highest BCUT2D eigenvalue weighted by atomic mass is 16.2. The minimum Gasteiger partial charge on any atom is -0.337 e. The Balaban J connectivity index is 1.73. The molecule has 1 saturated heterocycles. The summed E-state index contributed by atoms with van der Waals surface area (Å²) < 4.78 is 1.60. The van der Waals surface area contributed by atoms with Crippen LogP contribution in [0, 0.1) is 0 Å². The third kappa shape index (κ3) is 3.78. The fourth-order valence-corrected chi connectivity index (χ4v) is 3.05. The smallest absolute Gasteiger partial charge is 0.272 e. The van der Waals surface area contributed by atoms with Gasteiger partial charge in [-0.25, -0.2) is 4.68 Å². The van der Waals surface area contributed by atoms with Crippen molar-refractivity contribution in [2.75, 3.05) is 13.1 Å². The van der Waals surface area contributed by atoms with Crippen LogP contribution in [0.1, 0.15) is 55.8 Å². The standard InChI is InChI=1S/C19H24N4O2/c1-19(2,3)16-7-8-17(24)23(21-16)14-9-12-22(13-10-14)18(25)15-6-4-5-11-20-15/h4-8,11,14H,9-10,12-13H2,1-3H3. The van der Waals surface area contributed by atoms with Gasteiger partial charge in [0.05, 0.1) is 11.7 Å². The quantitative estimate of drug-likeness (QED) is 0.842. The molecule has 0 radical (unpaired) electrons. The van der Waals surface area contributed by atoms with Gasteiger partial charge in [0.25, 0.3) is 11.5 Å². The molecule has 3 rings (SSSR count). The highest BCUT2D eigenvalue weighted by Gasteiger charge is 2.27. The van der Waals surface area contributed by atoms with Gasteiger partial charge in [0.2, 0.25) is 0 Å². The lowest BCUT2D eigenvalue weighted by atomic mass is 9.92. The van der Waals surface area contributed by atoms with Crippen molar-refractivity contribution >= 4 is 5.91 Å². The lowest BCUT2D eigenvalue weighted by molar-refractivity contribution is 0.0681. The third-order valence-corrected chi connectivity index (χ3v) is 4.58. The van der Waals surface area contributed by atoms with Gasteiger partial charge in [-0.15, -0.1) is 0 Å². The highest BCUT2D eigenvalue weighted by Crippen LogP contribution is 2.23. The molecule has 0 saturated carbocycles. The molecule has 25 heavy (non-hydrogen) atoms. The van der Waals surface area contributed by atoms with Crippen LogP contribution in [0.25, 0.3) is 0 Å². The second kappa shape index (κ2) is 6.78. The molecule has 3 heterocycles. The summed E-state index contributed by atoms with van der Waals surface area (Å²) in [7, 11) is 0. The van der Waals surface area contributed by atoms with E-state index in [-0.39, 0.29) is 22.9 Å². The van der Waals surface area contributed by atoms with Gasteiger partial charge in [0.15, 0.2) is 0 Å². The van der Waals surface area contributed by atoms with Gasteiger partial charge in [-0.2, -0.15) is 5.10 Å². The summed E-state index contributed by atoms with van der Waals surface area (Å²) in [5, 5.41) is 4.58. The molecular weight excluding hydrogens is 316 g/mol. The van der Waals surface area contributed by atoms with E-state index in [2.05, 4.69) is 30.9 Å². The predicted octanol–water partition coefficient (Wildman–Crippen LogP) is 2.41. The highest BCUT2D eigenvalue weighted by molar-refractivity contribution is 5.92. The van der Waals surface area contributed by atoms with E-state index in [9.17, 15) is 9.59 Å². The Hall–Kier alpha value is -2.50. The molecule has 2 aromatic rings. The van der Waals surface area contributed by atoms with E-state index >= 15 is 0 Å². The van der Waals surface area contributed by atoms with Gasteiger partial charge in [-0.05, 0) is 31.0 Å². The van der Waals surface area contributed by atoms with Gasteiger partial charge in [0.1, 0.15) is 5.69 Å². The lowest BCUT2D eigenvalue weighted by Crippen LogP contribution is -2.42. The number of likely N-dealkylation sites (tertiary alicyclic amines) is 1. The zero-order valence-electron chi connectivity index (χ0n) is 15.0. The normalized spacial score (nSPS) is 16.0. The zero-order chi connectivity index (χ0) is 18.0. The molecule has 0 N–H and O–H groups in total. The number of pyridine rings is 1. The Morgan fingerprint density at radius 1 is 1.12 bits per heavy atom. The van der Waals surface area contributed by atoms with Crippen molar-refractivity contribution < 1.29 is 4.79 Å². The minimum atomic E-state index is -0.106. The molecule has 1 aliphatic rings. The van der Waals surface area contributed by atoms with Crippen molar-refractivity contribution in [1.29, 1.82) is 0 Å². The molecular formula is C19H24N4O2. The molecule has 1 aliphatic heterocycles. The Morgan fingerprint density at radius 2 is 1.84 bits per heavy atom. The number of hydrogen-bond donors (Lipinski definition) is 0. The molecule has 0 spiro atoms. The van der Waals surface area contributed by atoms with Crippen LogP contribution in [0.2, 0.25) is 0 Å². The van der Waals surface area contributed by atoms with Crippen LogP contribution in [0.15, 0.2) is 41.3 Å². The molecule has 2 aromatic heterocycles. The Kier molecular flexibility index (Phi) is 4.70. The lowest BCUT2D eigenvalue weighted by Gasteiger charge is -2.32. The third-order valence-electron chi connectivity index (χ3n) is 4.58. The molecule has 0 bridgehead atoms. The first-order valence-corrected chi connectivity index (χ1v) is 8.67. The van der Waals surface area contributed by atoms with Crippen LogP contribution in [0.4, 0.5) is 0 Å². The van der Waals surface area contributed by atoms with Crippen molar-refractivity contribution in [1.82, 2.24) is 19.7 Å². The maximum Gasteiger partial charge on any atom is 0.272 e. The van der Waals surface area contributed by atoms with Gasteiger partial charge in [0, 0.05) is 30.8 Å². The summed E-state index contributed by atoms with van der Waals surface area (Å²) in [5.74, 6) is -0.0530. The first-order chi connectivity index (χ1) is 11.9. The van der Waals surface area contributed by atoms with Gasteiger partial charge in [-0.1, -0.05) is 26.8 Å². The fourth-order valence-electron chi connectivity index (χ4n) is 3.05. The first-order valence-electron chi connectivity index (χ1n) is 8.67. The van der Waals surface area contributed by atoms with Crippen LogP contribution in [0.5, 0.6) is 0 Å². The van der Waals surface area contributed by atoms with E-state index in [4.69, 9.17) is 0 Å². The number of hydrogen-bond acceptors (Lipinski definition) is 4. The van der Waals surface area contributed by atoms with E-state index in [1.165, 1.54) is 0 Å². The largest absolute Gasteiger partial charge is 0.337 e. The average molecular weight is 340 g/mol. The van der Waals surface area contributed by atoms with Crippen molar-refractivity contribution in [3.05, 3.63) is 58.3 Å². The second-order valence-corrected chi connectivity index (χ2v) is 7.49. The number of carbonyl (C=O) groups is 1. The summed E-state index contributed by atoms with van der Waals surface area (Å²) in [5.41, 5.74) is 1.18. The molecule has 1 fully saturated rings. The molecule has 132 valence electrons. The van der Waals surface area contributed by atoms with Crippen molar-refractivity contribution in [3.63, 3.8) is 0 Å². The first kappa shape index (κ1) is 17.3. The van der Waals surface area contributed by atoms with Crippen LogP contribution in [-0.4, -0.2) is 38.7 Å². The molecule has 0 aliphatic carbocycles. The van der Waals surface area contributed by atoms with Gasteiger partial charge >= 0.3 is 0 Å². The van der Waals surface area contributed by atoms with E-state index in [1.807, 2.05) is 6.07 Å². The Labute approximate surface area is 147 Å². The topological polar surface area (TPSA) is 68.1 Å². The van der Waals surface area contributed by atoms with Crippen LogP contribution in [-0.2, 0) is 5.41 Å². The number of piperidine rings is 1. The predicted molar refractivity (Wildman–Crippen MR) is 95.6 cm³/mol. The van der Waals surface area contributed by atoms with Crippen LogP contribution >= 0.6 is 0 Å². The van der Waals surface area contributed by atoms with E-state index < -0.39 is 0 Å². The van der Waals surface area contributed by atoms with E-state index in [1.54, 1.807) is 40.0 Å². The number of nitrogens with zero attached hydrogens (tertiary/aromatic N) is 4. The molecule has 0 unspecified atom stereocenters. The van der Waals surface area contributed by atoms with Crippen LogP contribution < -0.4 is 5.56 Å². The summed E-state index contributed by atoms with van der Waals surface area (Å²) >= 11 is 0. The molecule has 6 nitrogen and oxygen atoms in total. The fraction of sp³-hybridized carbons (Fsp3) is 0.474. The molecule has 0 atom stereocenters. The van der Waals surface area contributed by atoms with Gasteiger partial charge in [-0.3, -0.25) is 14.6 Å². The van der Waals surface area contributed by atoms with Crippen molar-refractivity contribution in [2.45, 2.75) is 45.1 Å². The van der Waals surface area contributed by atoms with E-state index in [0.717, 1.165) is 18.5 Å². The summed E-state index contributed by atoms with van der Waals surface area (Å²) in [6.07, 6.45) is 3.07. The van der Waals surface area contributed by atoms with Crippen LogP contribution in [0.3, 0.4) is 0 Å². The summed E-state index contributed by atoms with van der Waals surface area (Å²) in [6.45, 7) is 7.46. The van der Waals surface area contributed by atoms with E-state index in [0.29, 0.717) is 18.8 Å². The SMILES string of the molecule is CC(C)(C)c1ccc(=O)n(C2CCN(C(=O)c3ccccn3)CC2)n1. The number of amides is 1. The maximum absolute atomic E-state index is 12.5. The molecule has 1 amide bonds. The number of rotatable bonds is 2. The maximum atomic E-state index is 12.5. The Bertz CT molecular complexity index is 800. The Morgan fingerprint density at radius 3 is 2.44 bits per heavy atom. The monoisotopic (exact) mass is 340 g/mol. The van der Waals surface area contributed by atoms with Crippen molar-refractivity contribution in [3.8, 4) is 0 Å². The molecule has 0 aromatic carbocycles. The number of aromatic nitrogens is 3. The summed E-state index contributed by atoms with van der Waals surface area (Å²) in [6, 6.07) is 8.77. The van der Waals surface area contributed by atoms with Gasteiger partial charge < -0.3 is 4.90 Å². The second-order valence-electron chi connectivity index (χ2n) is 7.49. The molecule has 6 heteroatoms. The average Bonchev–Trinajstić information content (AvgIpc) is 2.61. The number of carbonyl (C=O) groups excluding carboxylic acids is 1. The summed E-state index contributed by atoms with van der Waals surface area (Å²) in [4.78, 5) is 30.6. The zero-order valence-corrected chi connectivity index (χ0v) is 15.0.